The summed E-state index contributed by atoms with van der Waals surface area (Å²) in [5.74, 6) is -3.38. The van der Waals surface area contributed by atoms with E-state index in [1.165, 1.54) is 23.1 Å². The van der Waals surface area contributed by atoms with Crippen molar-refractivity contribution in [2.75, 3.05) is 26.2 Å². The van der Waals surface area contributed by atoms with E-state index in [0.717, 1.165) is 38.2 Å². The van der Waals surface area contributed by atoms with Gasteiger partial charge in [0, 0.05) is 33.2 Å². The lowest BCUT2D eigenvalue weighted by Crippen LogP contribution is -2.69. The van der Waals surface area contributed by atoms with E-state index in [1.807, 2.05) is 22.6 Å². The van der Waals surface area contributed by atoms with Crippen LogP contribution in [0.4, 0.5) is 13.2 Å². The van der Waals surface area contributed by atoms with Crippen LogP contribution in [0, 0.1) is 21.0 Å². The predicted molar refractivity (Wildman–Crippen MR) is 130 cm³/mol. The summed E-state index contributed by atoms with van der Waals surface area (Å²) in [6.45, 7) is 0.252. The van der Waals surface area contributed by atoms with Crippen molar-refractivity contribution < 1.29 is 28.2 Å². The third-order valence-corrected chi connectivity index (χ3v) is 7.64. The number of carbonyl (C=O) groups is 1. The van der Waals surface area contributed by atoms with Crippen LogP contribution in [0.1, 0.15) is 53.6 Å². The van der Waals surface area contributed by atoms with E-state index in [1.54, 1.807) is 6.07 Å². The van der Waals surface area contributed by atoms with Gasteiger partial charge in [0.15, 0.2) is 11.6 Å². The molecule has 2 fully saturated rings. The molecular weight excluding hydrogens is 560 g/mol. The maximum Gasteiger partial charge on any atom is 0.254 e. The predicted octanol–water partition coefficient (Wildman–Crippen LogP) is 3.77. The number of hydrogen-bond donors (Lipinski definition) is 3. The molecule has 3 N–H and O–H groups in total. The molecule has 0 bridgehead atoms. The molecule has 0 unspecified atom stereocenters. The summed E-state index contributed by atoms with van der Waals surface area (Å²) in [6.07, 6.45) is 4.53. The zero-order chi connectivity index (χ0) is 24.5. The Morgan fingerprint density at radius 3 is 2.41 bits per heavy atom. The normalized spacial score (nSPS) is 19.1. The average molecular weight is 588 g/mol. The molecule has 1 heterocycles. The Morgan fingerprint density at radius 1 is 1.06 bits per heavy atom. The van der Waals surface area contributed by atoms with Gasteiger partial charge in [-0.05, 0) is 65.3 Å². The molecule has 4 rings (SSSR count). The number of carbonyl (C=O) groups excluding carboxylic acids is 1. The second kappa shape index (κ2) is 10.1. The summed E-state index contributed by atoms with van der Waals surface area (Å²) >= 11 is 1.95. The van der Waals surface area contributed by atoms with E-state index >= 15 is 0 Å². The van der Waals surface area contributed by atoms with Gasteiger partial charge in [0.2, 0.25) is 0 Å². The fourth-order valence-corrected chi connectivity index (χ4v) is 5.34. The largest absolute Gasteiger partial charge is 0.394 e. The highest BCUT2D eigenvalue weighted by Crippen LogP contribution is 2.31. The molecule has 5 nitrogen and oxygen atoms in total. The van der Waals surface area contributed by atoms with Crippen molar-refractivity contribution in [2.24, 2.45) is 0 Å². The lowest BCUT2D eigenvalue weighted by Gasteiger charge is -2.49. The van der Waals surface area contributed by atoms with Gasteiger partial charge in [-0.3, -0.25) is 4.79 Å². The van der Waals surface area contributed by atoms with Gasteiger partial charge in [-0.2, -0.15) is 0 Å². The van der Waals surface area contributed by atoms with E-state index in [2.05, 4.69) is 5.32 Å². The van der Waals surface area contributed by atoms with Crippen LogP contribution < -0.4 is 5.32 Å². The Labute approximate surface area is 210 Å². The molecule has 1 saturated heterocycles. The van der Waals surface area contributed by atoms with Crippen LogP contribution >= 0.6 is 22.6 Å². The Hall–Kier alpha value is -1.69. The standard InChI is InChI=1S/C25H28F3IN2O3/c26-20-7-6-18(19(22(20)28)10-16-4-5-17(29)11-21(16)27)23(33)31-13-25(34,14-31)12-30-24(15-32)8-2-1-3-9-24/h4-7,11,30,32,34H,1-3,8-10,12-15H2. The Morgan fingerprint density at radius 2 is 1.76 bits per heavy atom. The zero-order valence-corrected chi connectivity index (χ0v) is 20.9. The Bertz CT molecular complexity index is 1070. The van der Waals surface area contributed by atoms with Crippen molar-refractivity contribution in [1.82, 2.24) is 10.2 Å². The molecule has 1 saturated carbocycles. The van der Waals surface area contributed by atoms with E-state index in [-0.39, 0.29) is 49.4 Å². The van der Waals surface area contributed by atoms with Crippen LogP contribution in [-0.4, -0.2) is 58.4 Å². The van der Waals surface area contributed by atoms with Gasteiger partial charge in [0.25, 0.3) is 5.91 Å². The second-order valence-electron chi connectivity index (χ2n) is 9.54. The van der Waals surface area contributed by atoms with E-state index < -0.39 is 34.5 Å². The zero-order valence-electron chi connectivity index (χ0n) is 18.7. The minimum Gasteiger partial charge on any atom is -0.394 e. The number of β-amino-alcohol motifs (C(OH)–C–C–N with tert-alkyl or cyclic N) is 1. The Balaban J connectivity index is 1.47. The SMILES string of the molecule is O=C(c1ccc(F)c(F)c1Cc1ccc(I)cc1F)N1CC(O)(CNC2(CO)CCCCC2)C1. The smallest absolute Gasteiger partial charge is 0.254 e. The number of amides is 1. The molecular formula is C25H28F3IN2O3. The molecule has 0 spiro atoms. The highest BCUT2D eigenvalue weighted by atomic mass is 127. The maximum absolute atomic E-state index is 14.7. The molecule has 9 heteroatoms. The first-order valence-corrected chi connectivity index (χ1v) is 12.5. The van der Waals surface area contributed by atoms with Crippen molar-refractivity contribution in [1.29, 1.82) is 0 Å². The third-order valence-electron chi connectivity index (χ3n) is 6.97. The van der Waals surface area contributed by atoms with Gasteiger partial charge in [-0.25, -0.2) is 13.2 Å². The van der Waals surface area contributed by atoms with Crippen molar-refractivity contribution >= 4 is 28.5 Å². The summed E-state index contributed by atoms with van der Waals surface area (Å²) < 4.78 is 43.7. The molecule has 1 aliphatic heterocycles. The van der Waals surface area contributed by atoms with Gasteiger partial charge in [-0.15, -0.1) is 0 Å². The van der Waals surface area contributed by atoms with Crippen LogP contribution in [0.2, 0.25) is 0 Å². The first kappa shape index (κ1) is 25.4. The number of aliphatic hydroxyl groups is 2. The lowest BCUT2D eigenvalue weighted by atomic mass is 9.81. The van der Waals surface area contributed by atoms with Crippen LogP contribution in [0.5, 0.6) is 0 Å². The van der Waals surface area contributed by atoms with Crippen molar-refractivity contribution in [3.8, 4) is 0 Å². The van der Waals surface area contributed by atoms with E-state index in [4.69, 9.17) is 0 Å². The number of rotatable bonds is 7. The third kappa shape index (κ3) is 5.27. The van der Waals surface area contributed by atoms with Crippen molar-refractivity contribution in [2.45, 2.75) is 49.7 Å². The summed E-state index contributed by atoms with van der Waals surface area (Å²) in [5.41, 5.74) is -1.68. The first-order chi connectivity index (χ1) is 16.2. The molecule has 0 atom stereocenters. The van der Waals surface area contributed by atoms with Crippen LogP contribution in [0.15, 0.2) is 30.3 Å². The van der Waals surface area contributed by atoms with Gasteiger partial charge in [-0.1, -0.05) is 25.3 Å². The minimum absolute atomic E-state index is 0.0148. The fraction of sp³-hybridized carbons (Fsp3) is 0.480. The molecule has 0 aromatic heterocycles. The van der Waals surface area contributed by atoms with Gasteiger partial charge >= 0.3 is 0 Å². The molecule has 0 radical (unpaired) electrons. The van der Waals surface area contributed by atoms with Gasteiger partial charge < -0.3 is 20.4 Å². The number of halogens is 4. The van der Waals surface area contributed by atoms with Crippen molar-refractivity contribution in [3.05, 3.63) is 68.0 Å². The summed E-state index contributed by atoms with van der Waals surface area (Å²) in [6, 6.07) is 6.54. The first-order valence-electron chi connectivity index (χ1n) is 11.4. The molecule has 2 aromatic carbocycles. The van der Waals surface area contributed by atoms with Crippen LogP contribution in [0.3, 0.4) is 0 Å². The fourth-order valence-electron chi connectivity index (χ4n) is 4.88. The summed E-state index contributed by atoms with van der Waals surface area (Å²) in [7, 11) is 0. The maximum atomic E-state index is 14.7. The number of hydrogen-bond acceptors (Lipinski definition) is 4. The quantitative estimate of drug-likeness (QED) is 0.431. The topological polar surface area (TPSA) is 72.8 Å². The molecule has 184 valence electrons. The van der Waals surface area contributed by atoms with Crippen LogP contribution in [0.25, 0.3) is 0 Å². The average Bonchev–Trinajstić information content (AvgIpc) is 2.81. The second-order valence-corrected chi connectivity index (χ2v) is 10.8. The molecule has 1 aliphatic carbocycles. The number of nitrogens with one attached hydrogen (secondary N) is 1. The molecule has 34 heavy (non-hydrogen) atoms. The number of aliphatic hydroxyl groups excluding tert-OH is 1. The minimum atomic E-state index is -1.18. The van der Waals surface area contributed by atoms with E-state index in [9.17, 15) is 28.2 Å². The van der Waals surface area contributed by atoms with Crippen molar-refractivity contribution in [3.63, 3.8) is 0 Å². The number of nitrogens with zero attached hydrogens (tertiary/aromatic N) is 1. The van der Waals surface area contributed by atoms with Crippen LogP contribution in [-0.2, 0) is 6.42 Å². The molecule has 2 aliphatic rings. The number of likely N-dealkylation sites (tertiary alicyclic amines) is 1. The molecule has 1 amide bonds. The van der Waals surface area contributed by atoms with Gasteiger partial charge in [0.05, 0.1) is 19.7 Å². The highest BCUT2D eigenvalue weighted by molar-refractivity contribution is 14.1. The highest BCUT2D eigenvalue weighted by Gasteiger charge is 2.46. The van der Waals surface area contributed by atoms with Gasteiger partial charge in [0.1, 0.15) is 11.4 Å². The molecule has 2 aromatic rings. The van der Waals surface area contributed by atoms with E-state index in [0.29, 0.717) is 3.57 Å². The lowest BCUT2D eigenvalue weighted by molar-refractivity contribution is -0.0849. The summed E-state index contributed by atoms with van der Waals surface area (Å²) in [4.78, 5) is 14.5. The monoisotopic (exact) mass is 588 g/mol. The summed E-state index contributed by atoms with van der Waals surface area (Å²) in [5, 5.41) is 24.0. The Kier molecular flexibility index (Phi) is 7.56. The number of benzene rings is 2.